The second kappa shape index (κ2) is 6.23. The van der Waals surface area contributed by atoms with Crippen LogP contribution < -0.4 is 10.6 Å². The van der Waals surface area contributed by atoms with Gasteiger partial charge in [0.15, 0.2) is 5.82 Å². The van der Waals surface area contributed by atoms with Crippen molar-refractivity contribution in [2.75, 3.05) is 5.32 Å². The number of amides is 2. The van der Waals surface area contributed by atoms with Crippen LogP contribution in [-0.4, -0.2) is 15.8 Å². The van der Waals surface area contributed by atoms with E-state index in [1.807, 2.05) is 19.1 Å². The molecule has 2 amide bonds. The minimum absolute atomic E-state index is 0.0513. The van der Waals surface area contributed by atoms with Gasteiger partial charge in [-0.3, -0.25) is 10.00 Å². The molecular formula is C15H20N4O. The maximum absolute atomic E-state index is 11.9. The smallest absolute Gasteiger partial charge is 0.320 e. The van der Waals surface area contributed by atoms with Gasteiger partial charge in [0.05, 0.1) is 6.04 Å². The molecule has 1 atom stereocenters. The third-order valence-electron chi connectivity index (χ3n) is 3.19. The molecule has 0 fully saturated rings. The van der Waals surface area contributed by atoms with Crippen molar-refractivity contribution in [2.45, 2.75) is 26.3 Å². The number of aromatic nitrogens is 2. The van der Waals surface area contributed by atoms with Gasteiger partial charge in [-0.25, -0.2) is 4.79 Å². The summed E-state index contributed by atoms with van der Waals surface area (Å²) in [7, 11) is 1.81. The number of hydrogen-bond acceptors (Lipinski definition) is 2. The van der Waals surface area contributed by atoms with E-state index in [-0.39, 0.29) is 12.1 Å². The first-order valence-corrected chi connectivity index (χ1v) is 6.74. The molecule has 0 saturated carbocycles. The summed E-state index contributed by atoms with van der Waals surface area (Å²) in [6, 6.07) is 9.71. The topological polar surface area (TPSA) is 59.0 Å². The van der Waals surface area contributed by atoms with E-state index in [0.717, 1.165) is 12.0 Å². The van der Waals surface area contributed by atoms with Crippen LogP contribution >= 0.6 is 0 Å². The zero-order valence-corrected chi connectivity index (χ0v) is 12.1. The molecule has 0 bridgehead atoms. The van der Waals surface area contributed by atoms with Crippen LogP contribution in [0.2, 0.25) is 0 Å². The Hall–Kier alpha value is -2.30. The summed E-state index contributed by atoms with van der Waals surface area (Å²) in [6.45, 7) is 4.08. The average molecular weight is 272 g/mol. The first-order chi connectivity index (χ1) is 9.58. The van der Waals surface area contributed by atoms with Crippen molar-refractivity contribution in [3.63, 3.8) is 0 Å². The van der Waals surface area contributed by atoms with Crippen molar-refractivity contribution in [1.82, 2.24) is 15.1 Å². The maximum Gasteiger partial charge on any atom is 0.320 e. The molecule has 2 aromatic rings. The van der Waals surface area contributed by atoms with E-state index in [1.165, 1.54) is 5.56 Å². The first-order valence-electron chi connectivity index (χ1n) is 6.74. The van der Waals surface area contributed by atoms with Crippen molar-refractivity contribution in [3.8, 4) is 0 Å². The van der Waals surface area contributed by atoms with E-state index < -0.39 is 0 Å². The van der Waals surface area contributed by atoms with Gasteiger partial charge in [-0.1, -0.05) is 31.2 Å². The summed E-state index contributed by atoms with van der Waals surface area (Å²) in [6.07, 6.45) is 2.80. The predicted molar refractivity (Wildman–Crippen MR) is 79.6 cm³/mol. The molecule has 1 aromatic carbocycles. The van der Waals surface area contributed by atoms with Gasteiger partial charge in [-0.2, -0.15) is 5.10 Å². The molecule has 0 saturated heterocycles. The van der Waals surface area contributed by atoms with Crippen molar-refractivity contribution < 1.29 is 4.79 Å². The van der Waals surface area contributed by atoms with Gasteiger partial charge < -0.3 is 5.32 Å². The summed E-state index contributed by atoms with van der Waals surface area (Å²) in [5.74, 6) is 0.540. The first kappa shape index (κ1) is 14.1. The zero-order chi connectivity index (χ0) is 14.5. The number of nitrogens with zero attached hydrogens (tertiary/aromatic N) is 2. The van der Waals surface area contributed by atoms with Gasteiger partial charge >= 0.3 is 6.03 Å². The van der Waals surface area contributed by atoms with Gasteiger partial charge in [0.1, 0.15) is 0 Å². The Labute approximate surface area is 119 Å². The quantitative estimate of drug-likeness (QED) is 0.899. The number of benzene rings is 1. The molecular weight excluding hydrogens is 252 g/mol. The fourth-order valence-electron chi connectivity index (χ4n) is 1.96. The Balaban J connectivity index is 1.92. The minimum Gasteiger partial charge on any atom is -0.331 e. The van der Waals surface area contributed by atoms with E-state index in [0.29, 0.717) is 5.82 Å². The molecule has 5 nitrogen and oxygen atoms in total. The van der Waals surface area contributed by atoms with Crippen LogP contribution in [0.3, 0.4) is 0 Å². The third-order valence-corrected chi connectivity index (χ3v) is 3.19. The third kappa shape index (κ3) is 3.60. The largest absolute Gasteiger partial charge is 0.331 e. The van der Waals surface area contributed by atoms with E-state index in [1.54, 1.807) is 24.0 Å². The maximum atomic E-state index is 11.9. The molecule has 0 radical (unpaired) electrons. The highest BCUT2D eigenvalue weighted by molar-refractivity contribution is 5.88. The van der Waals surface area contributed by atoms with Crippen molar-refractivity contribution in [3.05, 3.63) is 47.7 Å². The summed E-state index contributed by atoms with van der Waals surface area (Å²) >= 11 is 0. The van der Waals surface area contributed by atoms with Crippen LogP contribution in [-0.2, 0) is 13.5 Å². The van der Waals surface area contributed by atoms with Crippen molar-refractivity contribution >= 4 is 11.8 Å². The molecule has 0 spiro atoms. The molecule has 2 rings (SSSR count). The summed E-state index contributed by atoms with van der Waals surface area (Å²) < 4.78 is 1.64. The number of carbonyl (C=O) groups excluding carboxylic acids is 1. The van der Waals surface area contributed by atoms with E-state index in [9.17, 15) is 4.79 Å². The molecule has 1 aromatic heterocycles. The second-order valence-electron chi connectivity index (χ2n) is 4.79. The lowest BCUT2D eigenvalue weighted by Crippen LogP contribution is -2.31. The SMILES string of the molecule is CCc1ccc([C@H](C)NC(=O)Nc2ccn(C)n2)cc1. The van der Waals surface area contributed by atoms with Crippen LogP contribution in [0.15, 0.2) is 36.5 Å². The van der Waals surface area contributed by atoms with E-state index >= 15 is 0 Å². The highest BCUT2D eigenvalue weighted by Crippen LogP contribution is 2.14. The highest BCUT2D eigenvalue weighted by Gasteiger charge is 2.10. The van der Waals surface area contributed by atoms with Crippen LogP contribution in [0.25, 0.3) is 0 Å². The Morgan fingerprint density at radius 2 is 2.00 bits per heavy atom. The fourth-order valence-corrected chi connectivity index (χ4v) is 1.96. The minimum atomic E-state index is -0.254. The second-order valence-corrected chi connectivity index (χ2v) is 4.79. The number of aryl methyl sites for hydroxylation is 2. The van der Waals surface area contributed by atoms with Crippen LogP contribution in [0.4, 0.5) is 10.6 Å². The summed E-state index contributed by atoms with van der Waals surface area (Å²) in [4.78, 5) is 11.9. The molecule has 0 aliphatic carbocycles. The number of nitrogens with one attached hydrogen (secondary N) is 2. The lowest BCUT2D eigenvalue weighted by Gasteiger charge is -2.14. The highest BCUT2D eigenvalue weighted by atomic mass is 16.2. The van der Waals surface area contributed by atoms with Crippen LogP contribution in [0, 0.1) is 0 Å². The molecule has 0 unspecified atom stereocenters. The Morgan fingerprint density at radius 1 is 1.30 bits per heavy atom. The zero-order valence-electron chi connectivity index (χ0n) is 12.1. The van der Waals surface area contributed by atoms with Crippen molar-refractivity contribution in [2.24, 2.45) is 7.05 Å². The lowest BCUT2D eigenvalue weighted by atomic mass is 10.1. The molecule has 0 aliphatic heterocycles. The van der Waals surface area contributed by atoms with Gasteiger partial charge in [0, 0.05) is 19.3 Å². The number of rotatable bonds is 4. The molecule has 2 N–H and O–H groups in total. The number of urea groups is 1. The number of anilines is 1. The molecule has 20 heavy (non-hydrogen) atoms. The standard InChI is InChI=1S/C15H20N4O/c1-4-12-5-7-13(8-6-12)11(2)16-15(20)17-14-9-10-19(3)18-14/h5-11H,4H2,1-3H3,(H2,16,17,18,20)/t11-/m0/s1. The van der Waals surface area contributed by atoms with Crippen LogP contribution in [0.5, 0.6) is 0 Å². The van der Waals surface area contributed by atoms with E-state index in [2.05, 4.69) is 34.8 Å². The number of hydrogen-bond donors (Lipinski definition) is 2. The Bertz CT molecular complexity index is 574. The van der Waals surface area contributed by atoms with Gasteiger partial charge in [0.25, 0.3) is 0 Å². The fraction of sp³-hybridized carbons (Fsp3) is 0.333. The molecule has 5 heteroatoms. The van der Waals surface area contributed by atoms with E-state index in [4.69, 9.17) is 0 Å². The van der Waals surface area contributed by atoms with Gasteiger partial charge in [0.2, 0.25) is 0 Å². The van der Waals surface area contributed by atoms with Crippen molar-refractivity contribution in [1.29, 1.82) is 0 Å². The Kier molecular flexibility index (Phi) is 4.40. The van der Waals surface area contributed by atoms with Crippen LogP contribution in [0.1, 0.15) is 31.0 Å². The van der Waals surface area contributed by atoms with Gasteiger partial charge in [-0.15, -0.1) is 0 Å². The van der Waals surface area contributed by atoms with Gasteiger partial charge in [-0.05, 0) is 24.5 Å². The summed E-state index contributed by atoms with van der Waals surface area (Å²) in [5.41, 5.74) is 2.37. The lowest BCUT2D eigenvalue weighted by molar-refractivity contribution is 0.249. The normalized spacial score (nSPS) is 11.9. The summed E-state index contributed by atoms with van der Waals surface area (Å²) in [5, 5.41) is 9.69. The average Bonchev–Trinajstić information content (AvgIpc) is 2.84. The number of carbonyl (C=O) groups is 1. The molecule has 0 aliphatic rings. The predicted octanol–water partition coefficient (Wildman–Crippen LogP) is 2.87. The molecule has 1 heterocycles. The monoisotopic (exact) mass is 272 g/mol. The Morgan fingerprint density at radius 3 is 2.55 bits per heavy atom. The molecule has 106 valence electrons.